The van der Waals surface area contributed by atoms with E-state index in [1.807, 2.05) is 48.1 Å². The van der Waals surface area contributed by atoms with Crippen LogP contribution in [0.4, 0.5) is 0 Å². The molecule has 118 valence electrons. The molecule has 0 amide bonds. The summed E-state index contributed by atoms with van der Waals surface area (Å²) in [7, 11) is 0. The lowest BCUT2D eigenvalue weighted by Crippen LogP contribution is -2.19. The summed E-state index contributed by atoms with van der Waals surface area (Å²) in [4.78, 5) is 0. The van der Waals surface area contributed by atoms with E-state index in [0.29, 0.717) is 5.75 Å². The van der Waals surface area contributed by atoms with E-state index in [2.05, 4.69) is 29.5 Å². The molecule has 4 heteroatoms. The molecule has 0 unspecified atom stereocenters. The zero-order valence-corrected chi connectivity index (χ0v) is 13.4. The van der Waals surface area contributed by atoms with Crippen LogP contribution in [0.5, 0.6) is 5.75 Å². The Hall–Kier alpha value is -2.59. The number of hydrogen-bond acceptors (Lipinski definition) is 3. The molecule has 2 N–H and O–H groups in total. The van der Waals surface area contributed by atoms with E-state index in [1.165, 1.54) is 5.56 Å². The number of phenols is 1. The molecule has 0 aliphatic carbocycles. The van der Waals surface area contributed by atoms with Gasteiger partial charge in [-0.1, -0.05) is 30.3 Å². The van der Waals surface area contributed by atoms with Gasteiger partial charge in [-0.3, -0.25) is 0 Å². The van der Waals surface area contributed by atoms with Gasteiger partial charge in [-0.25, -0.2) is 4.68 Å². The van der Waals surface area contributed by atoms with Gasteiger partial charge in [0.15, 0.2) is 0 Å². The number of rotatable bonds is 5. The van der Waals surface area contributed by atoms with Crippen LogP contribution in [0.25, 0.3) is 5.69 Å². The van der Waals surface area contributed by atoms with E-state index in [-0.39, 0.29) is 6.04 Å². The molecule has 1 heterocycles. The van der Waals surface area contributed by atoms with Crippen LogP contribution >= 0.6 is 0 Å². The number of benzene rings is 2. The highest BCUT2D eigenvalue weighted by molar-refractivity contribution is 5.40. The van der Waals surface area contributed by atoms with E-state index in [1.54, 1.807) is 12.1 Å². The van der Waals surface area contributed by atoms with Crippen molar-refractivity contribution in [2.45, 2.75) is 26.4 Å². The fourth-order valence-corrected chi connectivity index (χ4v) is 2.61. The average molecular weight is 307 g/mol. The number of nitrogens with one attached hydrogen (secondary N) is 1. The maximum atomic E-state index is 9.60. The maximum Gasteiger partial charge on any atom is 0.115 e. The molecule has 1 aromatic heterocycles. The molecule has 0 spiro atoms. The number of aryl methyl sites for hydroxylation is 1. The summed E-state index contributed by atoms with van der Waals surface area (Å²) in [6, 6.07) is 17.7. The van der Waals surface area contributed by atoms with Gasteiger partial charge in [0.05, 0.1) is 11.4 Å². The summed E-state index contributed by atoms with van der Waals surface area (Å²) >= 11 is 0. The highest BCUT2D eigenvalue weighted by atomic mass is 16.3. The Bertz CT molecular complexity index is 795. The van der Waals surface area contributed by atoms with Gasteiger partial charge < -0.3 is 10.4 Å². The van der Waals surface area contributed by atoms with Gasteiger partial charge in [-0.15, -0.1) is 0 Å². The molecule has 1 atom stereocenters. The Morgan fingerprint density at radius 2 is 1.96 bits per heavy atom. The zero-order valence-electron chi connectivity index (χ0n) is 13.4. The van der Waals surface area contributed by atoms with Crippen LogP contribution in [-0.2, 0) is 6.54 Å². The summed E-state index contributed by atoms with van der Waals surface area (Å²) in [5, 5.41) is 17.6. The zero-order chi connectivity index (χ0) is 16.2. The largest absolute Gasteiger partial charge is 0.508 e. The summed E-state index contributed by atoms with van der Waals surface area (Å²) in [6.45, 7) is 4.81. The smallest absolute Gasteiger partial charge is 0.115 e. The van der Waals surface area contributed by atoms with Crippen LogP contribution in [0.2, 0.25) is 0 Å². The fraction of sp³-hybridized carbons (Fsp3) is 0.211. The molecule has 4 nitrogen and oxygen atoms in total. The van der Waals surface area contributed by atoms with Crippen LogP contribution < -0.4 is 5.32 Å². The maximum absolute atomic E-state index is 9.60. The highest BCUT2D eigenvalue weighted by Crippen LogP contribution is 2.20. The van der Waals surface area contributed by atoms with Crippen molar-refractivity contribution in [3.8, 4) is 11.4 Å². The third-order valence-electron chi connectivity index (χ3n) is 3.93. The van der Waals surface area contributed by atoms with E-state index in [9.17, 15) is 5.11 Å². The summed E-state index contributed by atoms with van der Waals surface area (Å²) in [5.74, 6) is 0.295. The van der Waals surface area contributed by atoms with Crippen molar-refractivity contribution in [2.75, 3.05) is 0 Å². The first-order valence-corrected chi connectivity index (χ1v) is 7.76. The molecule has 0 aliphatic heterocycles. The number of phenolic OH excluding ortho intramolecular Hbond substituents is 1. The topological polar surface area (TPSA) is 50.1 Å². The summed E-state index contributed by atoms with van der Waals surface area (Å²) < 4.78 is 1.91. The van der Waals surface area contributed by atoms with E-state index >= 15 is 0 Å². The highest BCUT2D eigenvalue weighted by Gasteiger charge is 2.09. The van der Waals surface area contributed by atoms with Crippen molar-refractivity contribution in [2.24, 2.45) is 0 Å². The minimum Gasteiger partial charge on any atom is -0.508 e. The van der Waals surface area contributed by atoms with Crippen molar-refractivity contribution in [1.82, 2.24) is 15.1 Å². The van der Waals surface area contributed by atoms with Gasteiger partial charge >= 0.3 is 0 Å². The predicted octanol–water partition coefficient (Wildman–Crippen LogP) is 3.74. The standard InChI is InChI=1S/C19H21N3O/c1-14-10-11-22(21-14)19-9-4-3-6-17(19)13-20-15(2)16-7-5-8-18(23)12-16/h3-12,15,20,23H,13H2,1-2H3/t15-/m1/s1. The van der Waals surface area contributed by atoms with Gasteiger partial charge in [0.25, 0.3) is 0 Å². The minimum absolute atomic E-state index is 0.148. The van der Waals surface area contributed by atoms with Crippen LogP contribution in [0.3, 0.4) is 0 Å². The van der Waals surface area contributed by atoms with Crippen LogP contribution in [0.15, 0.2) is 60.8 Å². The molecule has 0 fully saturated rings. The lowest BCUT2D eigenvalue weighted by molar-refractivity contribution is 0.472. The summed E-state index contributed by atoms with van der Waals surface area (Å²) in [5.41, 5.74) is 4.33. The van der Waals surface area contributed by atoms with Gasteiger partial charge in [0, 0.05) is 18.8 Å². The Balaban J connectivity index is 1.76. The number of nitrogens with zero attached hydrogens (tertiary/aromatic N) is 2. The monoisotopic (exact) mass is 307 g/mol. The molecule has 0 saturated carbocycles. The van der Waals surface area contributed by atoms with E-state index in [4.69, 9.17) is 0 Å². The number of hydrogen-bond donors (Lipinski definition) is 2. The van der Waals surface area contributed by atoms with Crippen LogP contribution in [0.1, 0.15) is 29.8 Å². The SMILES string of the molecule is Cc1ccn(-c2ccccc2CN[C@H](C)c2cccc(O)c2)n1. The van der Waals surface area contributed by atoms with Crippen LogP contribution in [0, 0.1) is 6.92 Å². The fourth-order valence-electron chi connectivity index (χ4n) is 2.61. The van der Waals surface area contributed by atoms with Crippen molar-refractivity contribution in [1.29, 1.82) is 0 Å². The lowest BCUT2D eigenvalue weighted by atomic mass is 10.1. The Kier molecular flexibility index (Phi) is 4.44. The molecular weight excluding hydrogens is 286 g/mol. The predicted molar refractivity (Wildman–Crippen MR) is 91.7 cm³/mol. The summed E-state index contributed by atoms with van der Waals surface area (Å²) in [6.07, 6.45) is 1.98. The normalized spacial score (nSPS) is 12.3. The Morgan fingerprint density at radius 1 is 1.13 bits per heavy atom. The van der Waals surface area contributed by atoms with E-state index in [0.717, 1.165) is 23.5 Å². The van der Waals surface area contributed by atoms with Gasteiger partial charge in [-0.2, -0.15) is 5.10 Å². The van der Waals surface area contributed by atoms with Crippen molar-refractivity contribution in [3.05, 3.63) is 77.6 Å². The molecule has 3 aromatic rings. The first-order valence-electron chi connectivity index (χ1n) is 7.76. The first-order chi connectivity index (χ1) is 11.1. The second-order valence-corrected chi connectivity index (χ2v) is 5.73. The van der Waals surface area contributed by atoms with Gasteiger partial charge in [-0.05, 0) is 49.2 Å². The molecule has 0 bridgehead atoms. The average Bonchev–Trinajstić information content (AvgIpc) is 2.99. The lowest BCUT2D eigenvalue weighted by Gasteiger charge is -2.16. The van der Waals surface area contributed by atoms with Crippen molar-refractivity contribution in [3.63, 3.8) is 0 Å². The molecule has 3 rings (SSSR count). The quantitative estimate of drug-likeness (QED) is 0.755. The molecule has 0 saturated heterocycles. The third kappa shape index (κ3) is 3.60. The van der Waals surface area contributed by atoms with Crippen molar-refractivity contribution < 1.29 is 5.11 Å². The second kappa shape index (κ2) is 6.67. The molecular formula is C19H21N3O. The molecule has 0 radical (unpaired) electrons. The van der Waals surface area contributed by atoms with Gasteiger partial charge in [0.2, 0.25) is 0 Å². The van der Waals surface area contributed by atoms with Crippen molar-refractivity contribution >= 4 is 0 Å². The number of aromatic nitrogens is 2. The Labute approximate surface area is 136 Å². The Morgan fingerprint density at radius 3 is 2.70 bits per heavy atom. The van der Waals surface area contributed by atoms with Crippen LogP contribution in [-0.4, -0.2) is 14.9 Å². The van der Waals surface area contributed by atoms with E-state index < -0.39 is 0 Å². The minimum atomic E-state index is 0.148. The number of aromatic hydroxyl groups is 1. The van der Waals surface area contributed by atoms with Gasteiger partial charge in [0.1, 0.15) is 5.75 Å². The second-order valence-electron chi connectivity index (χ2n) is 5.73. The molecule has 23 heavy (non-hydrogen) atoms. The third-order valence-corrected chi connectivity index (χ3v) is 3.93. The number of para-hydroxylation sites is 1. The molecule has 2 aromatic carbocycles. The first kappa shape index (κ1) is 15.3. The molecule has 0 aliphatic rings.